The van der Waals surface area contributed by atoms with Crippen molar-refractivity contribution < 1.29 is 19.0 Å². The first-order valence-corrected chi connectivity index (χ1v) is 10.4. The van der Waals surface area contributed by atoms with E-state index in [1.165, 1.54) is 17.9 Å². The van der Waals surface area contributed by atoms with Crippen LogP contribution in [0.15, 0.2) is 59.4 Å². The monoisotopic (exact) mass is 437 g/mol. The highest BCUT2D eigenvalue weighted by molar-refractivity contribution is 5.92. The molecule has 0 unspecified atom stereocenters. The standard InChI is InChI=1S/C24H27N3O5/c1-4-32-18-9-7-17(8-10-18)20-12-14-24(29)27(26-20)15-5-6-23(28)25-21-16-19(30-2)11-13-22(21)31-3/h7-14,16H,4-6,15H2,1-3H3,(H,25,28). The van der Waals surface area contributed by atoms with Crippen LogP contribution in [0.5, 0.6) is 17.2 Å². The maximum Gasteiger partial charge on any atom is 0.266 e. The number of nitrogens with zero attached hydrogens (tertiary/aromatic N) is 2. The van der Waals surface area contributed by atoms with Crippen LogP contribution in [0, 0.1) is 0 Å². The molecular formula is C24H27N3O5. The van der Waals surface area contributed by atoms with Gasteiger partial charge in [-0.15, -0.1) is 0 Å². The molecule has 0 spiro atoms. The predicted octanol–water partition coefficient (Wildman–Crippen LogP) is 3.75. The molecule has 1 N–H and O–H groups in total. The molecule has 8 heteroatoms. The van der Waals surface area contributed by atoms with E-state index in [9.17, 15) is 9.59 Å². The summed E-state index contributed by atoms with van der Waals surface area (Å²) in [6.07, 6.45) is 0.680. The maximum atomic E-state index is 12.4. The lowest BCUT2D eigenvalue weighted by molar-refractivity contribution is -0.116. The van der Waals surface area contributed by atoms with Gasteiger partial charge in [-0.05, 0) is 55.8 Å². The predicted molar refractivity (Wildman–Crippen MR) is 123 cm³/mol. The molecular weight excluding hydrogens is 410 g/mol. The van der Waals surface area contributed by atoms with E-state index in [-0.39, 0.29) is 17.9 Å². The van der Waals surface area contributed by atoms with Gasteiger partial charge >= 0.3 is 0 Å². The van der Waals surface area contributed by atoms with E-state index in [0.717, 1.165) is 11.3 Å². The molecule has 168 valence electrons. The average molecular weight is 437 g/mol. The van der Waals surface area contributed by atoms with Crippen molar-refractivity contribution in [1.29, 1.82) is 0 Å². The largest absolute Gasteiger partial charge is 0.497 e. The van der Waals surface area contributed by atoms with E-state index in [1.54, 1.807) is 31.4 Å². The Hall–Kier alpha value is -3.81. The molecule has 2 aromatic carbocycles. The van der Waals surface area contributed by atoms with Crippen LogP contribution in [0.25, 0.3) is 11.3 Å². The zero-order chi connectivity index (χ0) is 22.9. The Bertz CT molecular complexity index is 1110. The third-order valence-corrected chi connectivity index (χ3v) is 4.78. The fraction of sp³-hybridized carbons (Fsp3) is 0.292. The van der Waals surface area contributed by atoms with Gasteiger partial charge in [0.25, 0.3) is 5.56 Å². The van der Waals surface area contributed by atoms with Crippen molar-refractivity contribution in [3.05, 3.63) is 65.0 Å². The molecule has 0 aliphatic rings. The third kappa shape index (κ3) is 5.87. The minimum absolute atomic E-state index is 0.188. The highest BCUT2D eigenvalue weighted by Crippen LogP contribution is 2.29. The van der Waals surface area contributed by atoms with Gasteiger partial charge in [0.2, 0.25) is 5.91 Å². The van der Waals surface area contributed by atoms with Crippen molar-refractivity contribution >= 4 is 11.6 Å². The number of amides is 1. The van der Waals surface area contributed by atoms with Crippen LogP contribution in [0.4, 0.5) is 5.69 Å². The fourth-order valence-corrected chi connectivity index (χ4v) is 3.17. The summed E-state index contributed by atoms with van der Waals surface area (Å²) in [4.78, 5) is 24.6. The van der Waals surface area contributed by atoms with Crippen LogP contribution in [0.3, 0.4) is 0 Å². The van der Waals surface area contributed by atoms with Crippen molar-refractivity contribution in [3.63, 3.8) is 0 Å². The second-order valence-corrected chi connectivity index (χ2v) is 6.96. The van der Waals surface area contributed by atoms with Crippen LogP contribution in [-0.4, -0.2) is 36.5 Å². The number of carbonyl (C=O) groups excluding carboxylic acids is 1. The van der Waals surface area contributed by atoms with Crippen LogP contribution >= 0.6 is 0 Å². The number of rotatable bonds is 10. The molecule has 0 saturated heterocycles. The first kappa shape index (κ1) is 22.9. The Kier molecular flexibility index (Phi) is 7.85. The summed E-state index contributed by atoms with van der Waals surface area (Å²) in [6, 6.07) is 15.9. The molecule has 3 aromatic rings. The normalized spacial score (nSPS) is 10.5. The Morgan fingerprint density at radius 2 is 1.75 bits per heavy atom. The zero-order valence-electron chi connectivity index (χ0n) is 18.5. The van der Waals surface area contributed by atoms with Crippen molar-refractivity contribution in [2.45, 2.75) is 26.3 Å². The van der Waals surface area contributed by atoms with E-state index in [0.29, 0.717) is 42.5 Å². The molecule has 0 aliphatic carbocycles. The van der Waals surface area contributed by atoms with Gasteiger partial charge in [-0.3, -0.25) is 9.59 Å². The van der Waals surface area contributed by atoms with Crippen LogP contribution in [0.1, 0.15) is 19.8 Å². The van der Waals surface area contributed by atoms with E-state index in [1.807, 2.05) is 31.2 Å². The van der Waals surface area contributed by atoms with E-state index in [2.05, 4.69) is 10.4 Å². The highest BCUT2D eigenvalue weighted by Gasteiger charge is 2.10. The van der Waals surface area contributed by atoms with E-state index >= 15 is 0 Å². The summed E-state index contributed by atoms with van der Waals surface area (Å²) in [5.41, 5.74) is 1.88. The molecule has 0 bridgehead atoms. The van der Waals surface area contributed by atoms with E-state index < -0.39 is 0 Å². The summed E-state index contributed by atoms with van der Waals surface area (Å²) in [6.45, 7) is 2.85. The molecule has 0 atom stereocenters. The summed E-state index contributed by atoms with van der Waals surface area (Å²) < 4.78 is 17.3. The van der Waals surface area contributed by atoms with Gasteiger partial charge in [-0.1, -0.05) is 0 Å². The molecule has 0 saturated carbocycles. The average Bonchev–Trinajstić information content (AvgIpc) is 2.81. The molecule has 1 heterocycles. The van der Waals surface area contributed by atoms with Crippen molar-refractivity contribution in [2.24, 2.45) is 0 Å². The number of nitrogens with one attached hydrogen (secondary N) is 1. The third-order valence-electron chi connectivity index (χ3n) is 4.78. The van der Waals surface area contributed by atoms with Gasteiger partial charge in [0, 0.05) is 30.7 Å². The van der Waals surface area contributed by atoms with Crippen molar-refractivity contribution in [1.82, 2.24) is 9.78 Å². The van der Waals surface area contributed by atoms with Crippen LogP contribution in [0.2, 0.25) is 0 Å². The summed E-state index contributed by atoms with van der Waals surface area (Å²) in [5, 5.41) is 7.27. The summed E-state index contributed by atoms with van der Waals surface area (Å²) in [7, 11) is 3.09. The number of hydrogen-bond donors (Lipinski definition) is 1. The molecule has 32 heavy (non-hydrogen) atoms. The number of hydrogen-bond acceptors (Lipinski definition) is 6. The number of methoxy groups -OCH3 is 2. The minimum Gasteiger partial charge on any atom is -0.497 e. The smallest absolute Gasteiger partial charge is 0.266 e. The van der Waals surface area contributed by atoms with E-state index in [4.69, 9.17) is 14.2 Å². The van der Waals surface area contributed by atoms with Gasteiger partial charge < -0.3 is 19.5 Å². The first-order valence-electron chi connectivity index (χ1n) is 10.4. The molecule has 3 rings (SSSR count). The molecule has 1 aromatic heterocycles. The highest BCUT2D eigenvalue weighted by atomic mass is 16.5. The molecule has 1 amide bonds. The molecule has 0 aliphatic heterocycles. The van der Waals surface area contributed by atoms with Gasteiger partial charge in [0.1, 0.15) is 17.2 Å². The van der Waals surface area contributed by atoms with Gasteiger partial charge in [-0.2, -0.15) is 5.10 Å². The number of benzene rings is 2. The second-order valence-electron chi connectivity index (χ2n) is 6.96. The lowest BCUT2D eigenvalue weighted by atomic mass is 10.1. The lowest BCUT2D eigenvalue weighted by Crippen LogP contribution is -2.23. The van der Waals surface area contributed by atoms with Gasteiger partial charge in [0.15, 0.2) is 0 Å². The molecule has 8 nitrogen and oxygen atoms in total. The molecule has 0 radical (unpaired) electrons. The van der Waals surface area contributed by atoms with Gasteiger partial charge in [0.05, 0.1) is 32.2 Å². The Morgan fingerprint density at radius 3 is 2.44 bits per heavy atom. The SMILES string of the molecule is CCOc1ccc(-c2ccc(=O)n(CCCC(=O)Nc3cc(OC)ccc3OC)n2)cc1. The Morgan fingerprint density at radius 1 is 1.00 bits per heavy atom. The number of carbonyl (C=O) groups is 1. The lowest BCUT2D eigenvalue weighted by Gasteiger charge is -2.12. The second kappa shape index (κ2) is 11.0. The molecule has 0 fully saturated rings. The van der Waals surface area contributed by atoms with Crippen molar-refractivity contribution in [2.75, 3.05) is 26.1 Å². The maximum absolute atomic E-state index is 12.4. The number of anilines is 1. The first-order chi connectivity index (χ1) is 15.5. The quantitative estimate of drug-likeness (QED) is 0.519. The Labute approximate surface area is 186 Å². The van der Waals surface area contributed by atoms with Gasteiger partial charge in [-0.25, -0.2) is 4.68 Å². The minimum atomic E-state index is -0.213. The summed E-state index contributed by atoms with van der Waals surface area (Å²) in [5.74, 6) is 1.75. The summed E-state index contributed by atoms with van der Waals surface area (Å²) >= 11 is 0. The van der Waals surface area contributed by atoms with Crippen LogP contribution < -0.4 is 25.1 Å². The number of ether oxygens (including phenoxy) is 3. The van der Waals surface area contributed by atoms with Crippen molar-refractivity contribution in [3.8, 4) is 28.5 Å². The number of aromatic nitrogens is 2. The Balaban J connectivity index is 1.62. The topological polar surface area (TPSA) is 91.7 Å². The zero-order valence-corrected chi connectivity index (χ0v) is 18.5. The number of aryl methyl sites for hydroxylation is 1. The van der Waals surface area contributed by atoms with Crippen LogP contribution in [-0.2, 0) is 11.3 Å². The fourth-order valence-electron chi connectivity index (χ4n) is 3.17.